The molecule has 2 unspecified atom stereocenters. The van der Waals surface area contributed by atoms with Crippen molar-refractivity contribution in [3.63, 3.8) is 0 Å². The molecule has 1 aliphatic heterocycles. The Morgan fingerprint density at radius 1 is 1.24 bits per heavy atom. The predicted molar refractivity (Wildman–Crippen MR) is 66.9 cm³/mol. The first-order valence-corrected chi connectivity index (χ1v) is 6.38. The minimum absolute atomic E-state index is 0.220. The standard InChI is InChI=1S/C12H12F3IO/c1-3-10(2)8-6-4-5-7-9(8)11(16,17-10)12(13,14)15/h4-7H,3H2,1-2H3. The number of ether oxygens (including phenoxy) is 1. The molecule has 94 valence electrons. The summed E-state index contributed by atoms with van der Waals surface area (Å²) in [6, 6.07) is 6.57. The number of fused-ring (bicyclic) bond motifs is 1. The molecule has 0 radical (unpaired) electrons. The first-order chi connectivity index (χ1) is 7.74. The van der Waals surface area contributed by atoms with Crippen molar-refractivity contribution >= 4 is 22.6 Å². The summed E-state index contributed by atoms with van der Waals surface area (Å²) in [6.45, 7) is 3.54. The highest BCUT2D eigenvalue weighted by Crippen LogP contribution is 2.59. The summed E-state index contributed by atoms with van der Waals surface area (Å²) in [5, 5.41) is 0. The van der Waals surface area contributed by atoms with Crippen LogP contribution in [-0.4, -0.2) is 6.18 Å². The number of alkyl halides is 4. The van der Waals surface area contributed by atoms with Crippen LogP contribution in [0.25, 0.3) is 0 Å². The molecule has 5 heteroatoms. The van der Waals surface area contributed by atoms with Crippen LogP contribution in [0, 0.1) is 0 Å². The van der Waals surface area contributed by atoms with Gasteiger partial charge < -0.3 is 4.74 Å². The van der Waals surface area contributed by atoms with Crippen LogP contribution in [0.1, 0.15) is 31.4 Å². The van der Waals surface area contributed by atoms with Crippen LogP contribution in [0.4, 0.5) is 13.2 Å². The Bertz CT molecular complexity index is 446. The van der Waals surface area contributed by atoms with Crippen molar-refractivity contribution in [2.75, 3.05) is 0 Å². The molecule has 0 saturated heterocycles. The number of rotatable bonds is 1. The molecule has 2 rings (SSSR count). The lowest BCUT2D eigenvalue weighted by Gasteiger charge is -2.30. The highest BCUT2D eigenvalue weighted by atomic mass is 127. The van der Waals surface area contributed by atoms with Crippen molar-refractivity contribution < 1.29 is 17.9 Å². The molecule has 1 heterocycles. The molecule has 0 aromatic heterocycles. The molecule has 0 N–H and O–H groups in total. The van der Waals surface area contributed by atoms with Crippen LogP contribution in [0.2, 0.25) is 0 Å². The summed E-state index contributed by atoms with van der Waals surface area (Å²) in [5.41, 5.74) is -0.0144. The van der Waals surface area contributed by atoms with Gasteiger partial charge in [-0.3, -0.25) is 0 Å². The second-order valence-electron chi connectivity index (χ2n) is 4.33. The van der Waals surface area contributed by atoms with Gasteiger partial charge in [0.05, 0.1) is 5.60 Å². The summed E-state index contributed by atoms with van der Waals surface area (Å²) in [4.78, 5) is 0. The van der Waals surface area contributed by atoms with E-state index in [0.717, 1.165) is 0 Å². The third-order valence-corrected chi connectivity index (χ3v) is 4.66. The van der Waals surface area contributed by atoms with E-state index in [1.807, 2.05) is 6.92 Å². The van der Waals surface area contributed by atoms with E-state index < -0.39 is 15.4 Å². The topological polar surface area (TPSA) is 9.23 Å². The minimum atomic E-state index is -4.42. The maximum atomic E-state index is 13.2. The Morgan fingerprint density at radius 3 is 2.24 bits per heavy atom. The number of benzene rings is 1. The summed E-state index contributed by atoms with van der Waals surface area (Å²) < 4.78 is 42.7. The maximum absolute atomic E-state index is 13.2. The van der Waals surface area contributed by atoms with E-state index in [1.54, 1.807) is 25.1 Å². The van der Waals surface area contributed by atoms with Crippen LogP contribution in [0.3, 0.4) is 0 Å². The molecule has 0 bridgehead atoms. The maximum Gasteiger partial charge on any atom is 0.431 e. The zero-order valence-corrected chi connectivity index (χ0v) is 11.6. The van der Waals surface area contributed by atoms with Crippen LogP contribution in [0.5, 0.6) is 0 Å². The van der Waals surface area contributed by atoms with Crippen molar-refractivity contribution in [1.82, 2.24) is 0 Å². The van der Waals surface area contributed by atoms with Gasteiger partial charge in [0.2, 0.25) is 3.61 Å². The lowest BCUT2D eigenvalue weighted by molar-refractivity contribution is -0.255. The minimum Gasteiger partial charge on any atom is -0.341 e. The average molecular weight is 356 g/mol. The summed E-state index contributed by atoms with van der Waals surface area (Å²) in [5.74, 6) is 0. The van der Waals surface area contributed by atoms with Crippen molar-refractivity contribution in [2.24, 2.45) is 0 Å². The average Bonchev–Trinajstić information content (AvgIpc) is 2.50. The lowest BCUT2D eigenvalue weighted by Crippen LogP contribution is -2.38. The van der Waals surface area contributed by atoms with Gasteiger partial charge in [0, 0.05) is 5.56 Å². The second kappa shape index (κ2) is 3.85. The third kappa shape index (κ3) is 1.78. The molecule has 0 aliphatic carbocycles. The van der Waals surface area contributed by atoms with Gasteiger partial charge in [0.15, 0.2) is 0 Å². The SMILES string of the molecule is CCC1(C)OC(I)(C(F)(F)F)c2ccccc21. The molecule has 1 aromatic rings. The highest BCUT2D eigenvalue weighted by molar-refractivity contribution is 14.1. The zero-order chi connectivity index (χ0) is 12.9. The Labute approximate surface area is 111 Å². The molecule has 1 aliphatic rings. The Hall–Kier alpha value is -0.300. The summed E-state index contributed by atoms with van der Waals surface area (Å²) >= 11 is 1.36. The van der Waals surface area contributed by atoms with E-state index in [-0.39, 0.29) is 5.56 Å². The van der Waals surface area contributed by atoms with E-state index in [2.05, 4.69) is 0 Å². The van der Waals surface area contributed by atoms with Crippen LogP contribution in [-0.2, 0) is 13.9 Å². The van der Waals surface area contributed by atoms with Crippen molar-refractivity contribution in [3.05, 3.63) is 35.4 Å². The molecular formula is C12H12F3IO. The van der Waals surface area contributed by atoms with Gasteiger partial charge in [0.1, 0.15) is 0 Å². The van der Waals surface area contributed by atoms with Crippen LogP contribution in [0.15, 0.2) is 24.3 Å². The van der Waals surface area contributed by atoms with Crippen molar-refractivity contribution in [3.8, 4) is 0 Å². The lowest BCUT2D eigenvalue weighted by atomic mass is 9.91. The molecule has 2 atom stereocenters. The van der Waals surface area contributed by atoms with E-state index in [0.29, 0.717) is 12.0 Å². The molecule has 1 aromatic carbocycles. The fourth-order valence-electron chi connectivity index (χ4n) is 2.12. The fourth-order valence-corrected chi connectivity index (χ4v) is 3.07. The third-order valence-electron chi connectivity index (χ3n) is 3.25. The Balaban J connectivity index is 2.65. The first-order valence-electron chi connectivity index (χ1n) is 5.30. The van der Waals surface area contributed by atoms with E-state index in [9.17, 15) is 13.2 Å². The summed E-state index contributed by atoms with van der Waals surface area (Å²) in [7, 11) is 0. The first kappa shape index (κ1) is 13.1. The van der Waals surface area contributed by atoms with Gasteiger partial charge in [-0.1, -0.05) is 31.2 Å². The summed E-state index contributed by atoms with van der Waals surface area (Å²) in [6.07, 6.45) is -3.92. The normalized spacial score (nSPS) is 32.6. The molecular weight excluding hydrogens is 344 g/mol. The van der Waals surface area contributed by atoms with Gasteiger partial charge in [0.25, 0.3) is 0 Å². The van der Waals surface area contributed by atoms with Crippen molar-refractivity contribution in [1.29, 1.82) is 0 Å². The number of halogens is 4. The molecule has 0 spiro atoms. The van der Waals surface area contributed by atoms with E-state index >= 15 is 0 Å². The van der Waals surface area contributed by atoms with Gasteiger partial charge in [-0.2, -0.15) is 13.2 Å². The van der Waals surface area contributed by atoms with Gasteiger partial charge >= 0.3 is 6.18 Å². The fraction of sp³-hybridized carbons (Fsp3) is 0.500. The van der Waals surface area contributed by atoms with Crippen LogP contribution >= 0.6 is 22.6 Å². The van der Waals surface area contributed by atoms with Gasteiger partial charge in [-0.05, 0) is 41.5 Å². The smallest absolute Gasteiger partial charge is 0.341 e. The van der Waals surface area contributed by atoms with E-state index in [4.69, 9.17) is 4.74 Å². The molecule has 0 amide bonds. The zero-order valence-electron chi connectivity index (χ0n) is 9.44. The largest absolute Gasteiger partial charge is 0.431 e. The Kier molecular flexibility index (Phi) is 2.97. The Morgan fingerprint density at radius 2 is 1.76 bits per heavy atom. The highest BCUT2D eigenvalue weighted by Gasteiger charge is 2.63. The predicted octanol–water partition coefficient (Wildman–Crippen LogP) is 4.49. The molecule has 0 fully saturated rings. The second-order valence-corrected chi connectivity index (χ2v) is 5.84. The monoisotopic (exact) mass is 356 g/mol. The van der Waals surface area contributed by atoms with Crippen LogP contribution < -0.4 is 0 Å². The van der Waals surface area contributed by atoms with Crippen molar-refractivity contribution in [2.45, 2.75) is 35.7 Å². The molecule has 17 heavy (non-hydrogen) atoms. The van der Waals surface area contributed by atoms with Gasteiger partial charge in [-0.25, -0.2) is 0 Å². The molecule has 0 saturated carbocycles. The number of hydrogen-bond acceptors (Lipinski definition) is 1. The molecule has 1 nitrogen and oxygen atoms in total. The quantitative estimate of drug-likeness (QED) is 0.532. The van der Waals surface area contributed by atoms with Gasteiger partial charge in [-0.15, -0.1) is 0 Å². The number of hydrogen-bond donors (Lipinski definition) is 0. The van der Waals surface area contributed by atoms with E-state index in [1.165, 1.54) is 28.7 Å².